The molecule has 3 atom stereocenters. The van der Waals surface area contributed by atoms with Gasteiger partial charge in [0, 0.05) is 13.0 Å². The zero-order chi connectivity index (χ0) is 35.1. The van der Waals surface area contributed by atoms with Gasteiger partial charge < -0.3 is 29.9 Å². The van der Waals surface area contributed by atoms with E-state index in [9.17, 15) is 19.2 Å². The van der Waals surface area contributed by atoms with Crippen molar-refractivity contribution in [2.45, 2.75) is 142 Å². The van der Waals surface area contributed by atoms with E-state index in [1.54, 1.807) is 0 Å². The molecule has 0 bridgehead atoms. The normalized spacial score (nSPS) is 17.5. The second-order valence-corrected chi connectivity index (χ2v) is 19.6. The van der Waals surface area contributed by atoms with Gasteiger partial charge in [0.25, 0.3) is 0 Å². The fourth-order valence-electron chi connectivity index (χ4n) is 4.88. The van der Waals surface area contributed by atoms with E-state index in [4.69, 9.17) is 13.9 Å². The van der Waals surface area contributed by atoms with Crippen molar-refractivity contribution in [1.82, 2.24) is 16.0 Å². The number of benzene rings is 1. The highest BCUT2D eigenvalue weighted by Crippen LogP contribution is 2.39. The molecule has 10 nitrogen and oxygen atoms in total. The smallest absolute Gasteiger partial charge is 0.407 e. The number of carbonyl (C=O) groups excluding carboxylic acids is 4. The van der Waals surface area contributed by atoms with Gasteiger partial charge in [0.1, 0.15) is 12.6 Å². The number of unbranched alkanes of at least 4 members (excludes halogenated alkanes) is 4. The van der Waals surface area contributed by atoms with Crippen LogP contribution >= 0.6 is 0 Å². The Morgan fingerprint density at radius 2 is 1.64 bits per heavy atom. The number of amides is 3. The lowest BCUT2D eigenvalue weighted by Gasteiger charge is -2.37. The number of epoxide rings is 1. The molecule has 1 fully saturated rings. The maximum Gasteiger partial charge on any atom is 0.407 e. The predicted octanol–water partition coefficient (Wildman–Crippen LogP) is 6.43. The minimum atomic E-state index is -2.12. The highest BCUT2D eigenvalue weighted by Gasteiger charge is 2.56. The van der Waals surface area contributed by atoms with Crippen LogP contribution in [0.1, 0.15) is 105 Å². The average molecular weight is 676 g/mol. The first-order valence-electron chi connectivity index (χ1n) is 17.5. The first-order valence-corrected chi connectivity index (χ1v) is 20.4. The summed E-state index contributed by atoms with van der Waals surface area (Å²) in [6.45, 7) is 17.8. The van der Waals surface area contributed by atoms with E-state index in [2.05, 4.69) is 56.7 Å². The summed E-state index contributed by atoms with van der Waals surface area (Å²) >= 11 is 0. The van der Waals surface area contributed by atoms with E-state index in [1.165, 1.54) is 0 Å². The van der Waals surface area contributed by atoms with Gasteiger partial charge in [0.15, 0.2) is 19.7 Å². The summed E-state index contributed by atoms with van der Waals surface area (Å²) in [7, 11) is -2.12. The Morgan fingerprint density at radius 1 is 0.957 bits per heavy atom. The summed E-state index contributed by atoms with van der Waals surface area (Å²) in [5, 5.41) is 8.63. The first-order chi connectivity index (χ1) is 22.1. The van der Waals surface area contributed by atoms with Crippen molar-refractivity contribution in [2.75, 3.05) is 19.8 Å². The van der Waals surface area contributed by atoms with Crippen LogP contribution in [0.15, 0.2) is 30.3 Å². The predicted molar refractivity (Wildman–Crippen MR) is 187 cm³/mol. The fourth-order valence-corrected chi connectivity index (χ4v) is 5.90. The van der Waals surface area contributed by atoms with Crippen LogP contribution in [-0.4, -0.2) is 69.5 Å². The summed E-state index contributed by atoms with van der Waals surface area (Å²) in [5.41, 5.74) is -0.153. The molecule has 0 aliphatic carbocycles. The van der Waals surface area contributed by atoms with Crippen LogP contribution in [0.4, 0.5) is 4.79 Å². The highest BCUT2D eigenvalue weighted by molar-refractivity contribution is 6.74. The van der Waals surface area contributed by atoms with Crippen molar-refractivity contribution in [2.24, 2.45) is 5.92 Å². The molecule has 11 heteroatoms. The van der Waals surface area contributed by atoms with E-state index in [-0.39, 0.29) is 48.4 Å². The van der Waals surface area contributed by atoms with Gasteiger partial charge in [-0.3, -0.25) is 14.4 Å². The minimum absolute atomic E-state index is 0.0162. The molecule has 47 heavy (non-hydrogen) atoms. The molecule has 266 valence electrons. The molecule has 1 heterocycles. The van der Waals surface area contributed by atoms with Crippen molar-refractivity contribution < 1.29 is 33.1 Å². The molecule has 3 amide bonds. The van der Waals surface area contributed by atoms with Crippen LogP contribution < -0.4 is 16.0 Å². The molecule has 1 aliphatic rings. The molecule has 1 aromatic rings. The third kappa shape index (κ3) is 14.5. The van der Waals surface area contributed by atoms with Gasteiger partial charge in [0.2, 0.25) is 11.8 Å². The van der Waals surface area contributed by atoms with E-state index in [0.717, 1.165) is 31.2 Å². The standard InChI is InChI=1S/C36H61N3O7Si/c1-9-10-11-15-21-31(40)38-29(20-16-17-22-37-34(43)44-24-28-18-13-12-14-19-28)33(42)39-30(23-27(2)3)32(41)36(25-45-36)26-46-47(7,8)35(4,5)6/h12-14,18-19,27,29-30H,9-11,15-17,20-26H2,1-8H3,(H,37,43)(H,38,40)(H,39,42)/t29-,30-,36-/m0/s1. The second-order valence-electron chi connectivity index (χ2n) is 14.8. The van der Waals surface area contributed by atoms with Crippen molar-refractivity contribution in [3.63, 3.8) is 0 Å². The third-order valence-electron chi connectivity index (χ3n) is 9.07. The number of hydrogen-bond donors (Lipinski definition) is 3. The van der Waals surface area contributed by atoms with Gasteiger partial charge in [-0.05, 0) is 61.7 Å². The number of alkyl carbamates (subject to hydrolysis) is 1. The van der Waals surface area contributed by atoms with Gasteiger partial charge in [-0.25, -0.2) is 4.79 Å². The average Bonchev–Trinajstić information content (AvgIpc) is 3.80. The lowest BCUT2D eigenvalue weighted by atomic mass is 9.92. The van der Waals surface area contributed by atoms with Crippen molar-refractivity contribution in [3.8, 4) is 0 Å². The molecule has 1 saturated heterocycles. The quantitative estimate of drug-likeness (QED) is 0.0733. The highest BCUT2D eigenvalue weighted by atomic mass is 28.4. The van der Waals surface area contributed by atoms with Crippen LogP contribution in [0.5, 0.6) is 0 Å². The Morgan fingerprint density at radius 3 is 2.23 bits per heavy atom. The summed E-state index contributed by atoms with van der Waals surface area (Å²) in [6.07, 6.45) is 5.65. The number of hydrogen-bond acceptors (Lipinski definition) is 7. The van der Waals surface area contributed by atoms with Crippen LogP contribution in [0.3, 0.4) is 0 Å². The second kappa shape index (κ2) is 19.3. The molecular weight excluding hydrogens is 614 g/mol. The zero-order valence-corrected chi connectivity index (χ0v) is 31.2. The topological polar surface area (TPSA) is 135 Å². The van der Waals surface area contributed by atoms with Gasteiger partial charge >= 0.3 is 6.09 Å². The van der Waals surface area contributed by atoms with Crippen molar-refractivity contribution in [1.29, 1.82) is 0 Å². The van der Waals surface area contributed by atoms with Gasteiger partial charge in [-0.1, -0.05) is 91.1 Å². The van der Waals surface area contributed by atoms with Crippen LogP contribution in [0.2, 0.25) is 18.1 Å². The Hall–Kier alpha value is -2.76. The van der Waals surface area contributed by atoms with Crippen LogP contribution in [-0.2, 0) is 34.9 Å². The maximum atomic E-state index is 13.9. The number of ether oxygens (including phenoxy) is 2. The fraction of sp³-hybridized carbons (Fsp3) is 0.722. The zero-order valence-electron chi connectivity index (χ0n) is 30.2. The maximum absolute atomic E-state index is 13.9. The van der Waals surface area contributed by atoms with Gasteiger partial charge in [-0.2, -0.15) is 0 Å². The van der Waals surface area contributed by atoms with Crippen LogP contribution in [0.25, 0.3) is 0 Å². The number of carbonyl (C=O) groups is 4. The number of rotatable bonds is 22. The molecule has 2 rings (SSSR count). The molecule has 0 unspecified atom stereocenters. The summed E-state index contributed by atoms with van der Waals surface area (Å²) in [5.74, 6) is -0.607. The Balaban J connectivity index is 2.01. The van der Waals surface area contributed by atoms with Crippen LogP contribution in [0, 0.1) is 5.92 Å². The Labute approximate surface area is 284 Å². The number of Topliss-reactive ketones (excluding diaryl/α,β-unsaturated/α-hetero) is 1. The SMILES string of the molecule is CCCCCCC(=O)N[C@@H](CCCCNC(=O)OCc1ccccc1)C(=O)N[C@@H](CC(C)C)C(=O)[C@@]1(CO[Si](C)(C)C(C)(C)C)CO1. The number of ketones is 1. The Kier molecular flexibility index (Phi) is 16.6. The lowest BCUT2D eigenvalue weighted by Crippen LogP contribution is -2.55. The molecule has 1 aromatic carbocycles. The largest absolute Gasteiger partial charge is 0.445 e. The molecule has 0 radical (unpaired) electrons. The molecule has 0 aromatic heterocycles. The van der Waals surface area contributed by atoms with Gasteiger partial charge in [-0.15, -0.1) is 0 Å². The van der Waals surface area contributed by atoms with Gasteiger partial charge in [0.05, 0.1) is 19.3 Å². The molecule has 1 aliphatic heterocycles. The minimum Gasteiger partial charge on any atom is -0.445 e. The molecule has 3 N–H and O–H groups in total. The van der Waals surface area contributed by atoms with E-state index < -0.39 is 32.1 Å². The molecule has 0 spiro atoms. The molecule has 0 saturated carbocycles. The van der Waals surface area contributed by atoms with E-state index in [1.807, 2.05) is 44.2 Å². The lowest BCUT2D eigenvalue weighted by molar-refractivity contribution is -0.134. The number of nitrogens with one attached hydrogen (secondary N) is 3. The summed E-state index contributed by atoms with van der Waals surface area (Å²) in [6, 6.07) is 7.87. The third-order valence-corrected chi connectivity index (χ3v) is 13.5. The van der Waals surface area contributed by atoms with Crippen molar-refractivity contribution in [3.05, 3.63) is 35.9 Å². The van der Waals surface area contributed by atoms with E-state index >= 15 is 0 Å². The first kappa shape index (κ1) is 40.4. The molecular formula is C36H61N3O7Si. The van der Waals surface area contributed by atoms with E-state index in [0.29, 0.717) is 38.6 Å². The Bertz CT molecular complexity index is 1130. The summed E-state index contributed by atoms with van der Waals surface area (Å²) < 4.78 is 17.4. The summed E-state index contributed by atoms with van der Waals surface area (Å²) in [4.78, 5) is 52.6. The monoisotopic (exact) mass is 675 g/mol. The van der Waals surface area contributed by atoms with Crippen molar-refractivity contribution >= 4 is 32.0 Å².